The first-order valence-corrected chi connectivity index (χ1v) is 10.2. The van der Waals surface area contributed by atoms with Crippen LogP contribution in [-0.2, 0) is 35.4 Å². The molecule has 0 saturated heterocycles. The highest BCUT2D eigenvalue weighted by Gasteiger charge is 2.38. The number of halogens is 1. The molecule has 27 heavy (non-hydrogen) atoms. The summed E-state index contributed by atoms with van der Waals surface area (Å²) in [7, 11) is 0. The number of fused-ring (bicyclic) bond motifs is 3. The van der Waals surface area contributed by atoms with E-state index >= 15 is 0 Å². The summed E-state index contributed by atoms with van der Waals surface area (Å²) in [6.07, 6.45) is 4.45. The minimum Gasteiger partial charge on any atom is -0.461 e. The number of nitrogens with zero attached hydrogens (tertiary/aromatic N) is 2. The molecule has 0 fully saturated rings. The topological polar surface area (TPSA) is 59.5 Å². The number of ether oxygens (including phenoxy) is 1. The van der Waals surface area contributed by atoms with Gasteiger partial charge in [-0.2, -0.15) is 0 Å². The first kappa shape index (κ1) is 18.4. The number of carbonyl (C=O) groups excluding carboxylic acids is 2. The molecule has 2 aliphatic rings. The third-order valence-electron chi connectivity index (χ3n) is 5.17. The van der Waals surface area contributed by atoms with E-state index in [1.807, 2.05) is 0 Å². The number of aromatic nitrogens is 1. The maximum absolute atomic E-state index is 13.2. The van der Waals surface area contributed by atoms with Gasteiger partial charge in [-0.25, -0.2) is 4.98 Å². The minimum absolute atomic E-state index is 0.00308. The summed E-state index contributed by atoms with van der Waals surface area (Å²) in [6.45, 7) is 6.45. The van der Waals surface area contributed by atoms with Crippen molar-refractivity contribution < 1.29 is 14.3 Å². The van der Waals surface area contributed by atoms with Crippen LogP contribution in [0.1, 0.15) is 52.0 Å². The SMILES string of the molecule is CC(=O)OCc1c(Cl)ccnc1N1CCc2c(sc3c2CC(C)(C)C3)C1=O. The van der Waals surface area contributed by atoms with Gasteiger partial charge in [0.15, 0.2) is 0 Å². The van der Waals surface area contributed by atoms with E-state index in [2.05, 4.69) is 18.8 Å². The minimum atomic E-state index is -0.398. The molecule has 0 unspecified atom stereocenters. The third-order valence-corrected chi connectivity index (χ3v) is 6.79. The number of esters is 1. The Hall–Kier alpha value is -1.92. The second-order valence-electron chi connectivity index (χ2n) is 7.91. The van der Waals surface area contributed by atoms with Gasteiger partial charge in [0.25, 0.3) is 5.91 Å². The average Bonchev–Trinajstić information content (AvgIpc) is 3.06. The second kappa shape index (κ2) is 6.60. The molecule has 0 saturated carbocycles. The first-order valence-electron chi connectivity index (χ1n) is 8.99. The molecule has 0 radical (unpaired) electrons. The zero-order valence-electron chi connectivity index (χ0n) is 15.6. The Kier molecular flexibility index (Phi) is 4.51. The second-order valence-corrected chi connectivity index (χ2v) is 9.42. The molecule has 1 aliphatic carbocycles. The van der Waals surface area contributed by atoms with Crippen LogP contribution in [0.2, 0.25) is 5.02 Å². The van der Waals surface area contributed by atoms with E-state index in [9.17, 15) is 9.59 Å². The molecular weight excluding hydrogens is 384 g/mol. The Morgan fingerprint density at radius 3 is 2.89 bits per heavy atom. The van der Waals surface area contributed by atoms with E-state index in [1.165, 1.54) is 22.9 Å². The van der Waals surface area contributed by atoms with Gasteiger partial charge < -0.3 is 4.74 Å². The van der Waals surface area contributed by atoms with Crippen LogP contribution >= 0.6 is 22.9 Å². The lowest BCUT2D eigenvalue weighted by Crippen LogP contribution is -2.38. The summed E-state index contributed by atoms with van der Waals surface area (Å²) < 4.78 is 5.12. The Labute approximate surface area is 167 Å². The van der Waals surface area contributed by atoms with E-state index < -0.39 is 5.97 Å². The van der Waals surface area contributed by atoms with Gasteiger partial charge in [0.2, 0.25) is 0 Å². The molecule has 0 bridgehead atoms. The molecule has 0 N–H and O–H groups in total. The van der Waals surface area contributed by atoms with Crippen LogP contribution in [0, 0.1) is 5.41 Å². The van der Waals surface area contributed by atoms with Gasteiger partial charge in [-0.05, 0) is 41.9 Å². The van der Waals surface area contributed by atoms with E-state index in [0.29, 0.717) is 22.9 Å². The molecule has 0 aromatic carbocycles. The number of rotatable bonds is 3. The normalized spacial score (nSPS) is 17.6. The molecule has 2 aromatic heterocycles. The number of thiophene rings is 1. The Morgan fingerprint density at radius 2 is 2.15 bits per heavy atom. The van der Waals surface area contributed by atoms with E-state index in [1.54, 1.807) is 28.5 Å². The van der Waals surface area contributed by atoms with Crippen molar-refractivity contribution in [2.24, 2.45) is 5.41 Å². The quantitative estimate of drug-likeness (QED) is 0.720. The van der Waals surface area contributed by atoms with Gasteiger partial charge in [-0.15, -0.1) is 11.3 Å². The van der Waals surface area contributed by atoms with Gasteiger partial charge in [-0.1, -0.05) is 25.4 Å². The lowest BCUT2D eigenvalue weighted by atomic mass is 9.89. The van der Waals surface area contributed by atoms with Crippen LogP contribution in [0.15, 0.2) is 12.3 Å². The first-order chi connectivity index (χ1) is 12.8. The van der Waals surface area contributed by atoms with Crippen molar-refractivity contribution in [2.45, 2.75) is 46.6 Å². The maximum atomic E-state index is 13.2. The van der Waals surface area contributed by atoms with E-state index in [0.717, 1.165) is 24.1 Å². The molecule has 3 heterocycles. The van der Waals surface area contributed by atoms with Crippen molar-refractivity contribution in [3.05, 3.63) is 43.7 Å². The highest BCUT2D eigenvalue weighted by molar-refractivity contribution is 7.14. The smallest absolute Gasteiger partial charge is 0.302 e. The molecule has 4 rings (SSSR count). The zero-order chi connectivity index (χ0) is 19.3. The average molecular weight is 405 g/mol. The number of carbonyl (C=O) groups is 2. The highest BCUT2D eigenvalue weighted by Crippen LogP contribution is 2.45. The number of amides is 1. The van der Waals surface area contributed by atoms with Crippen LogP contribution in [0.3, 0.4) is 0 Å². The van der Waals surface area contributed by atoms with Gasteiger partial charge >= 0.3 is 5.97 Å². The summed E-state index contributed by atoms with van der Waals surface area (Å²) in [5.74, 6) is 0.0472. The fourth-order valence-electron chi connectivity index (χ4n) is 3.96. The molecule has 2 aromatic rings. The molecule has 1 amide bonds. The summed E-state index contributed by atoms with van der Waals surface area (Å²) in [4.78, 5) is 32.7. The zero-order valence-corrected chi connectivity index (χ0v) is 17.2. The summed E-state index contributed by atoms with van der Waals surface area (Å²) >= 11 is 7.93. The fraction of sp³-hybridized carbons (Fsp3) is 0.450. The summed E-state index contributed by atoms with van der Waals surface area (Å²) in [5.41, 5.74) is 3.44. The van der Waals surface area contributed by atoms with Crippen molar-refractivity contribution in [2.75, 3.05) is 11.4 Å². The lowest BCUT2D eigenvalue weighted by Gasteiger charge is -2.28. The Balaban J connectivity index is 1.68. The fourth-order valence-corrected chi connectivity index (χ4v) is 5.73. The van der Waals surface area contributed by atoms with E-state index in [-0.39, 0.29) is 17.9 Å². The number of pyridine rings is 1. The predicted molar refractivity (Wildman–Crippen MR) is 106 cm³/mol. The van der Waals surface area contributed by atoms with Crippen LogP contribution in [-0.4, -0.2) is 23.4 Å². The van der Waals surface area contributed by atoms with Crippen molar-refractivity contribution in [3.63, 3.8) is 0 Å². The largest absolute Gasteiger partial charge is 0.461 e. The monoisotopic (exact) mass is 404 g/mol. The number of hydrogen-bond donors (Lipinski definition) is 0. The molecular formula is C20H21ClN2O3S. The maximum Gasteiger partial charge on any atom is 0.302 e. The highest BCUT2D eigenvalue weighted by atomic mass is 35.5. The molecule has 142 valence electrons. The van der Waals surface area contributed by atoms with Crippen LogP contribution < -0.4 is 4.90 Å². The van der Waals surface area contributed by atoms with Crippen molar-refractivity contribution in [1.29, 1.82) is 0 Å². The van der Waals surface area contributed by atoms with Crippen molar-refractivity contribution >= 4 is 40.6 Å². The number of anilines is 1. The van der Waals surface area contributed by atoms with Gasteiger partial charge in [0.05, 0.1) is 15.5 Å². The Morgan fingerprint density at radius 1 is 1.37 bits per heavy atom. The number of hydrogen-bond acceptors (Lipinski definition) is 5. The van der Waals surface area contributed by atoms with Crippen molar-refractivity contribution in [1.82, 2.24) is 4.98 Å². The molecule has 5 nitrogen and oxygen atoms in total. The Bertz CT molecular complexity index is 951. The standard InChI is InChI=1S/C20H21ClN2O3S/c1-11(24)26-10-14-15(21)4-6-22-18(14)23-7-5-12-13-8-20(2,3)9-16(13)27-17(12)19(23)25/h4,6H,5,7-10H2,1-3H3. The van der Waals surface area contributed by atoms with Crippen LogP contribution in [0.5, 0.6) is 0 Å². The van der Waals surface area contributed by atoms with Crippen LogP contribution in [0.4, 0.5) is 5.82 Å². The molecule has 7 heteroatoms. The van der Waals surface area contributed by atoms with Crippen molar-refractivity contribution in [3.8, 4) is 0 Å². The molecule has 1 aliphatic heterocycles. The predicted octanol–water partition coefficient (Wildman–Crippen LogP) is 4.19. The lowest BCUT2D eigenvalue weighted by molar-refractivity contribution is -0.142. The van der Waals surface area contributed by atoms with E-state index in [4.69, 9.17) is 16.3 Å². The van der Waals surface area contributed by atoms with Crippen LogP contribution in [0.25, 0.3) is 0 Å². The summed E-state index contributed by atoms with van der Waals surface area (Å²) in [6, 6.07) is 1.64. The van der Waals surface area contributed by atoms with Gasteiger partial charge in [0.1, 0.15) is 12.4 Å². The molecule has 0 atom stereocenters. The van der Waals surface area contributed by atoms with Gasteiger partial charge in [0, 0.05) is 24.5 Å². The van der Waals surface area contributed by atoms with Gasteiger partial charge in [-0.3, -0.25) is 14.5 Å². The third kappa shape index (κ3) is 3.25. The molecule has 0 spiro atoms. The summed E-state index contributed by atoms with van der Waals surface area (Å²) in [5, 5.41) is 0.440.